The van der Waals surface area contributed by atoms with Gasteiger partial charge in [0.25, 0.3) is 5.91 Å². The Hall–Kier alpha value is -3.10. The van der Waals surface area contributed by atoms with E-state index in [0.717, 1.165) is 40.4 Å². The molecule has 4 rings (SSSR count). The molecule has 1 fully saturated rings. The third-order valence-corrected chi connectivity index (χ3v) is 7.02. The number of amides is 1. The van der Waals surface area contributed by atoms with E-state index in [9.17, 15) is 9.18 Å². The van der Waals surface area contributed by atoms with Crippen LogP contribution in [0.25, 0.3) is 16.5 Å². The summed E-state index contributed by atoms with van der Waals surface area (Å²) < 4.78 is 15.8. The van der Waals surface area contributed by atoms with Gasteiger partial charge in [-0.05, 0) is 60.6 Å². The SMILES string of the molecule is C=C(C)c1cc(F)ccc1C1(C)CCN(C(=O)c2cn(CCC#N)c3cc(Cl)ccc23)CC1. The third kappa shape index (κ3) is 4.41. The zero-order chi connectivity index (χ0) is 23.8. The van der Waals surface area contributed by atoms with Crippen LogP contribution in [0, 0.1) is 17.1 Å². The van der Waals surface area contributed by atoms with Crippen molar-refractivity contribution in [3.8, 4) is 6.07 Å². The van der Waals surface area contributed by atoms with Crippen molar-refractivity contribution in [1.82, 2.24) is 9.47 Å². The number of benzene rings is 2. The molecule has 0 aliphatic carbocycles. The van der Waals surface area contributed by atoms with Crippen molar-refractivity contribution >= 4 is 34.0 Å². The topological polar surface area (TPSA) is 49.0 Å². The summed E-state index contributed by atoms with van der Waals surface area (Å²) in [5.74, 6) is -0.278. The minimum atomic E-state index is -0.263. The first kappa shape index (κ1) is 23.1. The van der Waals surface area contributed by atoms with E-state index in [0.29, 0.717) is 36.6 Å². The van der Waals surface area contributed by atoms with Crippen molar-refractivity contribution in [3.63, 3.8) is 0 Å². The van der Waals surface area contributed by atoms with Crippen LogP contribution in [-0.4, -0.2) is 28.5 Å². The molecule has 1 saturated heterocycles. The largest absolute Gasteiger partial charge is 0.346 e. The Morgan fingerprint density at radius 1 is 1.21 bits per heavy atom. The first-order valence-electron chi connectivity index (χ1n) is 11.1. The van der Waals surface area contributed by atoms with E-state index in [4.69, 9.17) is 16.9 Å². The number of allylic oxidation sites excluding steroid dienone is 1. The molecule has 0 atom stereocenters. The number of nitrogens with zero attached hydrogens (tertiary/aromatic N) is 3. The van der Waals surface area contributed by atoms with E-state index in [1.807, 2.05) is 40.8 Å². The lowest BCUT2D eigenvalue weighted by atomic mass is 9.72. The van der Waals surface area contributed by atoms with Gasteiger partial charge in [0.2, 0.25) is 0 Å². The normalized spacial score (nSPS) is 15.4. The number of likely N-dealkylation sites (tertiary alicyclic amines) is 1. The summed E-state index contributed by atoms with van der Waals surface area (Å²) in [6.45, 7) is 9.84. The molecule has 0 unspecified atom stereocenters. The van der Waals surface area contributed by atoms with Crippen LogP contribution in [0.3, 0.4) is 0 Å². The molecule has 0 spiro atoms. The Bertz CT molecular complexity index is 1280. The maximum absolute atomic E-state index is 13.9. The molecule has 0 N–H and O–H groups in total. The summed E-state index contributed by atoms with van der Waals surface area (Å²) in [6.07, 6.45) is 3.76. The van der Waals surface area contributed by atoms with Crippen LogP contribution >= 0.6 is 11.6 Å². The van der Waals surface area contributed by atoms with Gasteiger partial charge in [-0.1, -0.05) is 42.8 Å². The van der Waals surface area contributed by atoms with E-state index < -0.39 is 0 Å². The molecule has 1 aliphatic rings. The fourth-order valence-corrected chi connectivity index (χ4v) is 5.00. The summed E-state index contributed by atoms with van der Waals surface area (Å²) in [5, 5.41) is 10.4. The number of aromatic nitrogens is 1. The van der Waals surface area contributed by atoms with Crippen LogP contribution in [0.2, 0.25) is 5.02 Å². The number of piperidine rings is 1. The maximum Gasteiger partial charge on any atom is 0.256 e. The van der Waals surface area contributed by atoms with Gasteiger partial charge < -0.3 is 9.47 Å². The summed E-state index contributed by atoms with van der Waals surface area (Å²) in [5.41, 5.74) is 4.12. The number of hydrogen-bond donors (Lipinski definition) is 0. The Kier molecular flexibility index (Phi) is 6.32. The predicted molar refractivity (Wildman–Crippen MR) is 131 cm³/mol. The first-order chi connectivity index (χ1) is 15.7. The number of fused-ring (bicyclic) bond motifs is 1. The van der Waals surface area contributed by atoms with Gasteiger partial charge in [-0.3, -0.25) is 4.79 Å². The van der Waals surface area contributed by atoms with Crippen LogP contribution in [0.5, 0.6) is 0 Å². The maximum atomic E-state index is 13.9. The fourth-order valence-electron chi connectivity index (χ4n) is 4.83. The van der Waals surface area contributed by atoms with Crippen molar-refractivity contribution < 1.29 is 9.18 Å². The number of aryl methyl sites for hydroxylation is 1. The highest BCUT2D eigenvalue weighted by Crippen LogP contribution is 2.39. The predicted octanol–water partition coefficient (Wildman–Crippen LogP) is 6.57. The number of nitriles is 1. The van der Waals surface area contributed by atoms with Crippen LogP contribution < -0.4 is 0 Å². The number of hydrogen-bond acceptors (Lipinski definition) is 2. The molecule has 170 valence electrons. The quantitative estimate of drug-likeness (QED) is 0.429. The van der Waals surface area contributed by atoms with Gasteiger partial charge in [-0.15, -0.1) is 0 Å². The van der Waals surface area contributed by atoms with Crippen molar-refractivity contribution in [2.75, 3.05) is 13.1 Å². The number of carbonyl (C=O) groups is 1. The number of rotatable bonds is 5. The van der Waals surface area contributed by atoms with Crippen molar-refractivity contribution in [1.29, 1.82) is 5.26 Å². The highest BCUT2D eigenvalue weighted by molar-refractivity contribution is 6.31. The van der Waals surface area contributed by atoms with Crippen LogP contribution in [0.4, 0.5) is 4.39 Å². The molecule has 0 bridgehead atoms. The van der Waals surface area contributed by atoms with Gasteiger partial charge >= 0.3 is 0 Å². The van der Waals surface area contributed by atoms with Crippen LogP contribution in [0.15, 0.2) is 49.2 Å². The highest BCUT2D eigenvalue weighted by Gasteiger charge is 2.35. The standard InChI is InChI=1S/C27H27ClFN3O/c1-18(2)22-16-20(29)6-8-24(22)27(3)9-13-31(14-10-27)26(33)23-17-32(12-4-11-30)25-15-19(28)5-7-21(23)25/h5-8,15-17H,1,4,9-10,12-14H2,2-3H3. The van der Waals surface area contributed by atoms with Gasteiger partial charge in [0.1, 0.15) is 5.82 Å². The van der Waals surface area contributed by atoms with Crippen molar-refractivity contribution in [2.45, 2.75) is 45.1 Å². The molecule has 2 aromatic carbocycles. The lowest BCUT2D eigenvalue weighted by Gasteiger charge is -2.41. The second kappa shape index (κ2) is 9.03. The molecule has 1 aliphatic heterocycles. The Morgan fingerprint density at radius 3 is 2.61 bits per heavy atom. The van der Waals surface area contributed by atoms with Gasteiger partial charge in [-0.2, -0.15) is 5.26 Å². The van der Waals surface area contributed by atoms with Crippen molar-refractivity contribution in [3.05, 3.63) is 76.7 Å². The molecule has 3 aromatic rings. The fraction of sp³-hybridized carbons (Fsp3) is 0.333. The van der Waals surface area contributed by atoms with Gasteiger partial charge in [0, 0.05) is 36.2 Å². The molecule has 2 heterocycles. The Labute approximate surface area is 198 Å². The molecular weight excluding hydrogens is 437 g/mol. The minimum absolute atomic E-state index is 0.0145. The molecule has 33 heavy (non-hydrogen) atoms. The van der Waals surface area contributed by atoms with Gasteiger partial charge in [0.05, 0.1) is 23.6 Å². The summed E-state index contributed by atoms with van der Waals surface area (Å²) in [4.78, 5) is 15.4. The highest BCUT2D eigenvalue weighted by atomic mass is 35.5. The lowest BCUT2D eigenvalue weighted by Crippen LogP contribution is -2.44. The molecule has 1 amide bonds. The van der Waals surface area contributed by atoms with Gasteiger partial charge in [0.15, 0.2) is 0 Å². The minimum Gasteiger partial charge on any atom is -0.346 e. The average Bonchev–Trinajstić information content (AvgIpc) is 3.15. The third-order valence-electron chi connectivity index (χ3n) is 6.79. The zero-order valence-electron chi connectivity index (χ0n) is 19.0. The van der Waals surface area contributed by atoms with Crippen molar-refractivity contribution in [2.24, 2.45) is 0 Å². The van der Waals surface area contributed by atoms with E-state index in [-0.39, 0.29) is 17.1 Å². The Morgan fingerprint density at radius 2 is 1.94 bits per heavy atom. The van der Waals surface area contributed by atoms with Crippen LogP contribution in [-0.2, 0) is 12.0 Å². The lowest BCUT2D eigenvalue weighted by molar-refractivity contribution is 0.0677. The summed E-state index contributed by atoms with van der Waals surface area (Å²) in [6, 6.07) is 12.6. The monoisotopic (exact) mass is 463 g/mol. The van der Waals surface area contributed by atoms with E-state index >= 15 is 0 Å². The van der Waals surface area contributed by atoms with Crippen LogP contribution in [0.1, 0.15) is 54.6 Å². The molecule has 4 nitrogen and oxygen atoms in total. The average molecular weight is 464 g/mol. The van der Waals surface area contributed by atoms with E-state index in [2.05, 4.69) is 19.6 Å². The number of carbonyl (C=O) groups excluding carboxylic acids is 1. The molecule has 6 heteroatoms. The molecule has 0 radical (unpaired) electrons. The van der Waals surface area contributed by atoms with E-state index in [1.165, 1.54) is 6.07 Å². The first-order valence-corrected chi connectivity index (χ1v) is 11.5. The summed E-state index contributed by atoms with van der Waals surface area (Å²) >= 11 is 6.19. The Balaban J connectivity index is 1.59. The summed E-state index contributed by atoms with van der Waals surface area (Å²) in [7, 11) is 0. The zero-order valence-corrected chi connectivity index (χ0v) is 19.8. The van der Waals surface area contributed by atoms with Gasteiger partial charge in [-0.25, -0.2) is 4.39 Å². The second-order valence-corrected chi connectivity index (χ2v) is 9.57. The number of halogens is 2. The smallest absolute Gasteiger partial charge is 0.256 e. The van der Waals surface area contributed by atoms with E-state index in [1.54, 1.807) is 12.1 Å². The molecular formula is C27H27ClFN3O. The molecule has 1 aromatic heterocycles. The second-order valence-electron chi connectivity index (χ2n) is 9.13. The molecule has 0 saturated carbocycles.